The number of fused-ring (bicyclic) bond motifs is 1. The van der Waals surface area contributed by atoms with Gasteiger partial charge in [-0.15, -0.1) is 0 Å². The smallest absolute Gasteiger partial charge is 0.396 e. The minimum Gasteiger partial charge on any atom is -1.00 e. The molecule has 5 heteroatoms. The highest BCUT2D eigenvalue weighted by molar-refractivity contribution is 5.37. The van der Waals surface area contributed by atoms with Crippen LogP contribution in [-0.2, 0) is 12.3 Å². The van der Waals surface area contributed by atoms with E-state index < -0.39 is 5.72 Å². The number of rotatable bonds is 14. The topological polar surface area (TPSA) is 40.2 Å². The van der Waals surface area contributed by atoms with Crippen molar-refractivity contribution < 1.29 is 26.7 Å². The first kappa shape index (κ1) is 25.8. The molecule has 31 heavy (non-hydrogen) atoms. The number of hydrogen-bond donors (Lipinski definition) is 1. The minimum atomic E-state index is -1.01. The molecule has 0 saturated heterocycles. The van der Waals surface area contributed by atoms with Crippen molar-refractivity contribution in [3.05, 3.63) is 54.4 Å². The van der Waals surface area contributed by atoms with Crippen molar-refractivity contribution in [2.45, 2.75) is 96.2 Å². The van der Waals surface area contributed by atoms with Gasteiger partial charge in [0.15, 0.2) is 0 Å². The predicted octanol–water partition coefficient (Wildman–Crippen LogP) is 2.74. The monoisotopic (exact) mass is 489 g/mol. The van der Waals surface area contributed by atoms with Crippen LogP contribution in [0, 0.1) is 0 Å². The van der Waals surface area contributed by atoms with Crippen LogP contribution in [0.5, 0.6) is 0 Å². The van der Waals surface area contributed by atoms with Gasteiger partial charge in [-0.2, -0.15) is 0 Å². The van der Waals surface area contributed by atoms with Crippen molar-refractivity contribution in [1.82, 2.24) is 4.98 Å². The number of halogens is 1. The second kappa shape index (κ2) is 13.8. The van der Waals surface area contributed by atoms with Crippen molar-refractivity contribution >= 4 is 5.95 Å². The molecular formula is C26H40BrN3O. The first-order chi connectivity index (χ1) is 14.8. The normalized spacial score (nSPS) is 17.4. The Morgan fingerprint density at radius 2 is 1.45 bits per heavy atom. The van der Waals surface area contributed by atoms with Gasteiger partial charge in [0.1, 0.15) is 12.7 Å². The Kier molecular flexibility index (Phi) is 11.5. The van der Waals surface area contributed by atoms with Crippen molar-refractivity contribution in [2.24, 2.45) is 0 Å². The Morgan fingerprint density at radius 1 is 0.871 bits per heavy atom. The van der Waals surface area contributed by atoms with Gasteiger partial charge < -0.3 is 22.1 Å². The molecule has 1 N–H and O–H groups in total. The van der Waals surface area contributed by atoms with Gasteiger partial charge in [-0.05, 0) is 6.42 Å². The fourth-order valence-corrected chi connectivity index (χ4v) is 4.58. The van der Waals surface area contributed by atoms with E-state index >= 15 is 0 Å². The molecule has 4 nitrogen and oxygen atoms in total. The van der Waals surface area contributed by atoms with Crippen molar-refractivity contribution in [2.75, 3.05) is 11.4 Å². The first-order valence-corrected chi connectivity index (χ1v) is 12.2. The van der Waals surface area contributed by atoms with Crippen LogP contribution in [0.3, 0.4) is 0 Å². The number of aliphatic hydroxyl groups is 1. The summed E-state index contributed by atoms with van der Waals surface area (Å²) in [5.74, 6) is 0.868. The summed E-state index contributed by atoms with van der Waals surface area (Å²) in [5, 5.41) is 11.6. The number of unbranched alkanes of at least 4 members (excludes halogenated alkanes) is 11. The maximum atomic E-state index is 11.6. The molecule has 1 atom stereocenters. The third-order valence-corrected chi connectivity index (χ3v) is 6.35. The number of hydrogen-bond acceptors (Lipinski definition) is 3. The van der Waals surface area contributed by atoms with E-state index in [1.54, 1.807) is 0 Å². The lowest BCUT2D eigenvalue weighted by Gasteiger charge is -2.28. The Balaban J connectivity index is 0.00000341. The van der Waals surface area contributed by atoms with Gasteiger partial charge in [0.25, 0.3) is 0 Å². The largest absolute Gasteiger partial charge is 1.00 e. The lowest BCUT2D eigenvalue weighted by atomic mass is 10.0. The lowest BCUT2D eigenvalue weighted by molar-refractivity contribution is -0.685. The molecule has 1 aromatic heterocycles. The highest BCUT2D eigenvalue weighted by Gasteiger charge is 2.50. The number of benzene rings is 1. The third-order valence-electron chi connectivity index (χ3n) is 6.35. The van der Waals surface area contributed by atoms with Crippen LogP contribution in [-0.4, -0.2) is 16.6 Å². The summed E-state index contributed by atoms with van der Waals surface area (Å²) in [7, 11) is 0. The van der Waals surface area contributed by atoms with Crippen LogP contribution < -0.4 is 26.4 Å². The van der Waals surface area contributed by atoms with Crippen LogP contribution >= 0.6 is 0 Å². The highest BCUT2D eigenvalue weighted by Crippen LogP contribution is 2.33. The first-order valence-electron chi connectivity index (χ1n) is 12.2. The summed E-state index contributed by atoms with van der Waals surface area (Å²) < 4.78 is 2.06. The quantitative estimate of drug-likeness (QED) is 0.327. The van der Waals surface area contributed by atoms with Crippen LogP contribution in [0.25, 0.3) is 0 Å². The molecule has 2 aromatic rings. The molecule has 0 radical (unpaired) electrons. The molecule has 1 aliphatic rings. The standard InChI is InChI=1S/C26H40N3O.BrH/c1-2-3-4-5-6-7-8-9-10-11-12-16-22-29-25-27-20-17-21-28(25)23-26(29,30)24-18-14-13-15-19-24;/h13-15,17-21,30H,2-12,16,22-23H2,1H3;1H/q+1;/p-1/t26-;/m1./s1. The van der Waals surface area contributed by atoms with Crippen LogP contribution in [0.4, 0.5) is 5.95 Å². The zero-order chi connectivity index (χ0) is 21.1. The summed E-state index contributed by atoms with van der Waals surface area (Å²) in [6.07, 6.45) is 19.9. The van der Waals surface area contributed by atoms with Crippen LogP contribution in [0.1, 0.15) is 89.5 Å². The highest BCUT2D eigenvalue weighted by atomic mass is 79.9. The van der Waals surface area contributed by atoms with Gasteiger partial charge in [-0.3, -0.25) is 0 Å². The second-order valence-electron chi connectivity index (χ2n) is 8.77. The average Bonchev–Trinajstić information content (AvgIpc) is 3.07. The van der Waals surface area contributed by atoms with E-state index in [1.807, 2.05) is 48.8 Å². The van der Waals surface area contributed by atoms with E-state index in [1.165, 1.54) is 70.6 Å². The number of aromatic nitrogens is 2. The average molecular weight is 491 g/mol. The van der Waals surface area contributed by atoms with Crippen molar-refractivity contribution in [3.8, 4) is 0 Å². The van der Waals surface area contributed by atoms with E-state index in [0.29, 0.717) is 6.54 Å². The molecule has 0 spiro atoms. The molecule has 0 aliphatic carbocycles. The second-order valence-corrected chi connectivity index (χ2v) is 8.77. The fraction of sp³-hybridized carbons (Fsp3) is 0.615. The molecule has 2 heterocycles. The Morgan fingerprint density at radius 3 is 2.06 bits per heavy atom. The molecule has 1 aromatic carbocycles. The Hall–Kier alpha value is -1.46. The summed E-state index contributed by atoms with van der Waals surface area (Å²) in [5.41, 5.74) is -0.0742. The lowest BCUT2D eigenvalue weighted by Crippen LogP contribution is -3.00. The van der Waals surface area contributed by atoms with Gasteiger partial charge in [0.2, 0.25) is 5.72 Å². The molecule has 1 aliphatic heterocycles. The summed E-state index contributed by atoms with van der Waals surface area (Å²) in [6.45, 7) is 3.64. The molecule has 0 unspecified atom stereocenters. The van der Waals surface area contributed by atoms with E-state index in [9.17, 15) is 5.11 Å². The molecular weight excluding hydrogens is 450 g/mol. The fourth-order valence-electron chi connectivity index (χ4n) is 4.58. The molecule has 0 bridgehead atoms. The minimum absolute atomic E-state index is 0. The maximum absolute atomic E-state index is 11.6. The van der Waals surface area contributed by atoms with Gasteiger partial charge in [0, 0.05) is 11.6 Å². The van der Waals surface area contributed by atoms with E-state index in [2.05, 4.69) is 21.4 Å². The van der Waals surface area contributed by atoms with Gasteiger partial charge in [-0.1, -0.05) is 113 Å². The van der Waals surface area contributed by atoms with E-state index in [4.69, 9.17) is 0 Å². The van der Waals surface area contributed by atoms with Crippen molar-refractivity contribution in [1.29, 1.82) is 0 Å². The number of anilines is 1. The van der Waals surface area contributed by atoms with Crippen LogP contribution in [0.15, 0.2) is 48.8 Å². The SMILES string of the molecule is CCCCCCCCCCCCCCN1c2nccc[n+]2C[C@@]1(O)c1ccccc1.[Br-]. The zero-order valence-corrected chi connectivity index (χ0v) is 20.8. The van der Waals surface area contributed by atoms with Gasteiger partial charge in [0.05, 0.1) is 12.7 Å². The van der Waals surface area contributed by atoms with Crippen molar-refractivity contribution in [3.63, 3.8) is 0 Å². The molecule has 0 amide bonds. The maximum Gasteiger partial charge on any atom is 0.396 e. The van der Waals surface area contributed by atoms with E-state index in [-0.39, 0.29) is 17.0 Å². The summed E-state index contributed by atoms with van der Waals surface area (Å²) >= 11 is 0. The Labute approximate surface area is 199 Å². The molecule has 3 rings (SSSR count). The summed E-state index contributed by atoms with van der Waals surface area (Å²) in [6, 6.07) is 12.0. The molecule has 0 saturated carbocycles. The summed E-state index contributed by atoms with van der Waals surface area (Å²) in [4.78, 5) is 6.66. The predicted molar refractivity (Wildman–Crippen MR) is 123 cm³/mol. The Bertz CT molecular complexity index is 742. The van der Waals surface area contributed by atoms with E-state index in [0.717, 1.165) is 24.5 Å². The van der Waals surface area contributed by atoms with Gasteiger partial charge >= 0.3 is 5.95 Å². The third kappa shape index (κ3) is 7.28. The zero-order valence-electron chi connectivity index (χ0n) is 19.2. The molecule has 0 fully saturated rings. The van der Waals surface area contributed by atoms with Gasteiger partial charge in [-0.25, -0.2) is 9.47 Å². The number of nitrogens with zero attached hydrogens (tertiary/aromatic N) is 3. The van der Waals surface area contributed by atoms with Crippen LogP contribution in [0.2, 0.25) is 0 Å². The molecule has 172 valence electrons.